The molecular weight excluding hydrogens is 576 g/mol. The first-order valence-corrected chi connectivity index (χ1v) is 14.7. The molecule has 234 valence electrons. The lowest BCUT2D eigenvalue weighted by Gasteiger charge is -2.44. The first kappa shape index (κ1) is 31.4. The fourth-order valence-corrected chi connectivity index (χ4v) is 5.31. The summed E-state index contributed by atoms with van der Waals surface area (Å²) < 4.78 is 35.0. The summed E-state index contributed by atoms with van der Waals surface area (Å²) in [6, 6.07) is 17.7. The Bertz CT molecular complexity index is 1620. The maximum Gasteiger partial charge on any atom is 0.331 e. The van der Waals surface area contributed by atoms with E-state index in [2.05, 4.69) is 0 Å². The number of methoxy groups -OCH3 is 2. The Morgan fingerprint density at radius 3 is 1.93 bits per heavy atom. The number of hydrogen-bond donors (Lipinski definition) is 0. The second-order valence-corrected chi connectivity index (χ2v) is 11.3. The molecule has 5 rings (SSSR count). The predicted octanol–water partition coefficient (Wildman–Crippen LogP) is 6.54. The third kappa shape index (κ3) is 7.03. The van der Waals surface area contributed by atoms with Gasteiger partial charge in [0.25, 0.3) is 0 Å². The van der Waals surface area contributed by atoms with E-state index in [9.17, 15) is 14.4 Å². The lowest BCUT2D eigenvalue weighted by atomic mass is 9.85. The molecule has 2 heterocycles. The van der Waals surface area contributed by atoms with Crippen LogP contribution in [0.15, 0.2) is 72.8 Å². The summed E-state index contributed by atoms with van der Waals surface area (Å²) in [5, 5.41) is 0. The Labute approximate surface area is 262 Å². The van der Waals surface area contributed by atoms with E-state index in [0.29, 0.717) is 34.8 Å². The number of rotatable bonds is 9. The van der Waals surface area contributed by atoms with E-state index < -0.39 is 29.7 Å². The van der Waals surface area contributed by atoms with E-state index in [-0.39, 0.29) is 24.1 Å². The molecule has 1 unspecified atom stereocenters. The number of carbonyl (C=O) groups is 3. The fraction of sp³-hybridized carbons (Fsp3) is 0.306. The van der Waals surface area contributed by atoms with Crippen LogP contribution < -0.4 is 18.9 Å². The number of Topliss-reactive ketones (excluding diaryl/α,β-unsaturated/α-hetero) is 1. The minimum Gasteiger partial charge on any atom is -0.497 e. The van der Waals surface area contributed by atoms with Gasteiger partial charge in [-0.3, -0.25) is 4.79 Å². The molecule has 0 fully saturated rings. The van der Waals surface area contributed by atoms with E-state index in [1.807, 2.05) is 6.92 Å². The standard InChI is InChI=1S/C36H36O9/c1-6-24-21-28(37)27-17-18-29-32(33(27)42-24)34(43-30(38)19-11-22-7-13-25(40-4)14-8-22)35(36(2,3)45-29)44-31(39)20-12-23-9-15-26(41-5)16-10-23/h7-20,24,34-35H,6,21H2,1-5H3/b19-11+,20-12+/t24?,34-,35-/m1/s1. The number of esters is 2. The highest BCUT2D eigenvalue weighted by atomic mass is 16.6. The first-order valence-electron chi connectivity index (χ1n) is 14.7. The molecule has 45 heavy (non-hydrogen) atoms. The van der Waals surface area contributed by atoms with Crippen molar-refractivity contribution in [3.8, 4) is 23.0 Å². The minimum absolute atomic E-state index is 0.0869. The van der Waals surface area contributed by atoms with Crippen LogP contribution in [0.2, 0.25) is 0 Å². The van der Waals surface area contributed by atoms with Crippen LogP contribution in [0.3, 0.4) is 0 Å². The Morgan fingerprint density at radius 2 is 1.40 bits per heavy atom. The van der Waals surface area contributed by atoms with Gasteiger partial charge >= 0.3 is 11.9 Å². The first-order chi connectivity index (χ1) is 21.6. The zero-order valence-electron chi connectivity index (χ0n) is 25.9. The van der Waals surface area contributed by atoms with E-state index in [1.54, 1.807) is 101 Å². The van der Waals surface area contributed by atoms with Crippen LogP contribution in [0.5, 0.6) is 23.0 Å². The van der Waals surface area contributed by atoms with Gasteiger partial charge in [0, 0.05) is 18.6 Å². The van der Waals surface area contributed by atoms with Crippen LogP contribution >= 0.6 is 0 Å². The molecule has 0 aromatic heterocycles. The zero-order chi connectivity index (χ0) is 32.1. The lowest BCUT2D eigenvalue weighted by molar-refractivity contribution is -0.184. The van der Waals surface area contributed by atoms with Crippen LogP contribution in [0, 0.1) is 0 Å². The van der Waals surface area contributed by atoms with E-state index >= 15 is 0 Å². The molecule has 9 heteroatoms. The van der Waals surface area contributed by atoms with Gasteiger partial charge < -0.3 is 28.4 Å². The lowest BCUT2D eigenvalue weighted by Crippen LogP contribution is -2.52. The van der Waals surface area contributed by atoms with E-state index in [4.69, 9.17) is 28.4 Å². The largest absolute Gasteiger partial charge is 0.497 e. The van der Waals surface area contributed by atoms with Crippen molar-refractivity contribution >= 4 is 29.9 Å². The molecule has 0 bridgehead atoms. The van der Waals surface area contributed by atoms with E-state index in [1.165, 1.54) is 12.2 Å². The van der Waals surface area contributed by atoms with Gasteiger partial charge in [-0.15, -0.1) is 0 Å². The van der Waals surface area contributed by atoms with Gasteiger partial charge in [0.15, 0.2) is 18.0 Å². The summed E-state index contributed by atoms with van der Waals surface area (Å²) in [5.74, 6) is 0.594. The van der Waals surface area contributed by atoms with Gasteiger partial charge in [-0.05, 0) is 79.9 Å². The summed E-state index contributed by atoms with van der Waals surface area (Å²) in [4.78, 5) is 39.6. The van der Waals surface area contributed by atoms with Crippen molar-refractivity contribution in [3.63, 3.8) is 0 Å². The van der Waals surface area contributed by atoms with Gasteiger partial charge in [-0.2, -0.15) is 0 Å². The molecule has 0 spiro atoms. The number of benzene rings is 3. The Hall–Kier alpha value is -5.05. The number of carbonyl (C=O) groups excluding carboxylic acids is 3. The summed E-state index contributed by atoms with van der Waals surface area (Å²) in [6.07, 6.45) is 4.05. The molecule has 0 saturated heterocycles. The summed E-state index contributed by atoms with van der Waals surface area (Å²) in [7, 11) is 3.15. The third-order valence-corrected chi connectivity index (χ3v) is 7.77. The molecule has 2 aliphatic heterocycles. The topological polar surface area (TPSA) is 107 Å². The molecule has 0 saturated carbocycles. The molecule has 0 N–H and O–H groups in total. The predicted molar refractivity (Wildman–Crippen MR) is 168 cm³/mol. The van der Waals surface area contributed by atoms with Crippen molar-refractivity contribution in [1.82, 2.24) is 0 Å². The smallest absolute Gasteiger partial charge is 0.331 e. The summed E-state index contributed by atoms with van der Waals surface area (Å²) in [6.45, 7) is 5.42. The monoisotopic (exact) mass is 612 g/mol. The van der Waals surface area contributed by atoms with Crippen molar-refractivity contribution < 1.29 is 42.8 Å². The highest BCUT2D eigenvalue weighted by Gasteiger charge is 2.51. The molecule has 3 atom stereocenters. The van der Waals surface area contributed by atoms with Crippen LogP contribution in [0.4, 0.5) is 0 Å². The number of hydrogen-bond acceptors (Lipinski definition) is 9. The van der Waals surface area contributed by atoms with Crippen molar-refractivity contribution in [3.05, 3.63) is 95.1 Å². The van der Waals surface area contributed by atoms with Crippen molar-refractivity contribution in [1.29, 1.82) is 0 Å². The van der Waals surface area contributed by atoms with Crippen LogP contribution in [0.25, 0.3) is 12.2 Å². The quantitative estimate of drug-likeness (QED) is 0.197. The Kier molecular flexibility index (Phi) is 9.27. The van der Waals surface area contributed by atoms with Gasteiger partial charge in [-0.1, -0.05) is 31.2 Å². The maximum absolute atomic E-state index is 13.3. The number of ether oxygens (including phenoxy) is 6. The molecule has 0 amide bonds. The summed E-state index contributed by atoms with van der Waals surface area (Å²) in [5.41, 5.74) is 1.10. The van der Waals surface area contributed by atoms with Crippen molar-refractivity contribution in [2.45, 2.75) is 57.5 Å². The molecule has 3 aromatic carbocycles. The molecule has 3 aromatic rings. The third-order valence-electron chi connectivity index (χ3n) is 7.77. The highest BCUT2D eigenvalue weighted by Crippen LogP contribution is 2.50. The average molecular weight is 613 g/mol. The normalized spacial score (nSPS) is 20.0. The highest BCUT2D eigenvalue weighted by molar-refractivity contribution is 6.01. The molecule has 2 aliphatic rings. The average Bonchev–Trinajstić information content (AvgIpc) is 3.04. The maximum atomic E-state index is 13.3. The van der Waals surface area contributed by atoms with Gasteiger partial charge in [0.2, 0.25) is 0 Å². The second kappa shape index (κ2) is 13.3. The molecule has 0 aliphatic carbocycles. The molecule has 9 nitrogen and oxygen atoms in total. The fourth-order valence-electron chi connectivity index (χ4n) is 5.31. The Morgan fingerprint density at radius 1 is 0.844 bits per heavy atom. The number of ketones is 1. The van der Waals surface area contributed by atoms with Crippen LogP contribution in [0.1, 0.15) is 66.8 Å². The van der Waals surface area contributed by atoms with Crippen LogP contribution in [-0.4, -0.2) is 49.8 Å². The van der Waals surface area contributed by atoms with Crippen molar-refractivity contribution in [2.24, 2.45) is 0 Å². The molecular formula is C36H36O9. The van der Waals surface area contributed by atoms with Gasteiger partial charge in [-0.25, -0.2) is 9.59 Å². The Balaban J connectivity index is 1.49. The number of fused-ring (bicyclic) bond motifs is 3. The van der Waals surface area contributed by atoms with Gasteiger partial charge in [0.1, 0.15) is 34.7 Å². The van der Waals surface area contributed by atoms with Gasteiger partial charge in [0.05, 0.1) is 25.3 Å². The molecule has 0 radical (unpaired) electrons. The van der Waals surface area contributed by atoms with Crippen molar-refractivity contribution in [2.75, 3.05) is 14.2 Å². The van der Waals surface area contributed by atoms with Crippen LogP contribution in [-0.2, 0) is 19.1 Å². The summed E-state index contributed by atoms with van der Waals surface area (Å²) >= 11 is 0. The minimum atomic E-state index is -1.14. The SMILES string of the molecule is CCC1CC(=O)c2ccc3c(c2O1)[C@@H](OC(=O)/C=C/c1ccc(OC)cc1)[C@@H](OC(=O)/C=C/c1ccc(OC)cc1)C(C)(C)O3. The second-order valence-electron chi connectivity index (χ2n) is 11.3. The van der Waals surface area contributed by atoms with E-state index in [0.717, 1.165) is 11.1 Å². The zero-order valence-corrected chi connectivity index (χ0v) is 25.9.